The van der Waals surface area contributed by atoms with Crippen LogP contribution < -0.4 is 5.32 Å². The van der Waals surface area contributed by atoms with Gasteiger partial charge in [0.15, 0.2) is 0 Å². The molecule has 2 saturated heterocycles. The van der Waals surface area contributed by atoms with E-state index in [1.807, 2.05) is 0 Å². The second-order valence-corrected chi connectivity index (χ2v) is 4.11. The number of rotatable bonds is 1. The minimum absolute atomic E-state index is 0.746. The van der Waals surface area contributed by atoms with Crippen molar-refractivity contribution in [1.82, 2.24) is 10.2 Å². The number of nitrogens with one attached hydrogen (secondary N) is 1. The molecule has 2 heterocycles. The first kappa shape index (κ1) is 7.56. The Morgan fingerprint density at radius 2 is 2.27 bits per heavy atom. The fraction of sp³-hybridized carbons (Fsp3) is 1.00. The summed E-state index contributed by atoms with van der Waals surface area (Å²) < 4.78 is 0. The van der Waals surface area contributed by atoms with Crippen molar-refractivity contribution in [1.29, 1.82) is 0 Å². The molecule has 2 unspecified atom stereocenters. The van der Waals surface area contributed by atoms with Crippen LogP contribution >= 0.6 is 0 Å². The molecule has 0 saturated carbocycles. The van der Waals surface area contributed by atoms with Gasteiger partial charge >= 0.3 is 0 Å². The zero-order valence-electron chi connectivity index (χ0n) is 7.51. The van der Waals surface area contributed by atoms with E-state index in [1.54, 1.807) is 0 Å². The van der Waals surface area contributed by atoms with E-state index in [0.717, 1.165) is 18.0 Å². The summed E-state index contributed by atoms with van der Waals surface area (Å²) in [7, 11) is 0. The molecule has 2 aliphatic heterocycles. The third kappa shape index (κ3) is 1.18. The summed E-state index contributed by atoms with van der Waals surface area (Å²) >= 11 is 0. The Morgan fingerprint density at radius 1 is 1.45 bits per heavy atom. The Bertz CT molecular complexity index is 144. The predicted molar refractivity (Wildman–Crippen MR) is 46.6 cm³/mol. The molecule has 0 aromatic carbocycles. The average molecular weight is 154 g/mol. The van der Waals surface area contributed by atoms with Gasteiger partial charge in [-0.2, -0.15) is 0 Å². The molecule has 1 N–H and O–H groups in total. The fourth-order valence-electron chi connectivity index (χ4n) is 2.36. The Hall–Kier alpha value is -0.0800. The largest absolute Gasteiger partial charge is 0.315 e. The van der Waals surface area contributed by atoms with Crippen LogP contribution in [0.1, 0.15) is 20.3 Å². The van der Waals surface area contributed by atoms with Gasteiger partial charge in [0.1, 0.15) is 0 Å². The molecular formula is C9H18N2. The molecule has 2 fully saturated rings. The third-order valence-corrected chi connectivity index (χ3v) is 3.12. The monoisotopic (exact) mass is 154 g/mol. The van der Waals surface area contributed by atoms with Crippen molar-refractivity contribution < 1.29 is 0 Å². The number of likely N-dealkylation sites (tertiary alicyclic amines) is 1. The van der Waals surface area contributed by atoms with Crippen LogP contribution in [0, 0.1) is 5.92 Å². The Kier molecular flexibility index (Phi) is 1.90. The highest BCUT2D eigenvalue weighted by Gasteiger charge is 2.40. The molecule has 11 heavy (non-hydrogen) atoms. The minimum atomic E-state index is 0.746. The van der Waals surface area contributed by atoms with Gasteiger partial charge in [-0.1, -0.05) is 0 Å². The maximum Gasteiger partial charge on any atom is 0.0264 e. The van der Waals surface area contributed by atoms with E-state index in [9.17, 15) is 0 Å². The zero-order valence-corrected chi connectivity index (χ0v) is 7.51. The van der Waals surface area contributed by atoms with Crippen molar-refractivity contribution in [2.24, 2.45) is 5.92 Å². The van der Waals surface area contributed by atoms with Gasteiger partial charge in [-0.25, -0.2) is 0 Å². The van der Waals surface area contributed by atoms with Crippen molar-refractivity contribution in [2.45, 2.75) is 32.4 Å². The number of hydrogen-bond acceptors (Lipinski definition) is 2. The van der Waals surface area contributed by atoms with Crippen LogP contribution in [0.15, 0.2) is 0 Å². The van der Waals surface area contributed by atoms with Crippen LogP contribution in [0.4, 0.5) is 0 Å². The molecule has 2 atom stereocenters. The van der Waals surface area contributed by atoms with Crippen molar-refractivity contribution in [3.8, 4) is 0 Å². The normalized spacial score (nSPS) is 38.5. The second-order valence-electron chi connectivity index (χ2n) is 4.11. The van der Waals surface area contributed by atoms with Gasteiger partial charge in [-0.15, -0.1) is 0 Å². The SMILES string of the molecule is CC(C)N1CC2CCNCC21. The first-order chi connectivity index (χ1) is 5.29. The van der Waals surface area contributed by atoms with Gasteiger partial charge in [0.2, 0.25) is 0 Å². The second kappa shape index (κ2) is 2.76. The Labute approximate surface area is 69.0 Å². The van der Waals surface area contributed by atoms with Crippen LogP contribution in [0.25, 0.3) is 0 Å². The summed E-state index contributed by atoms with van der Waals surface area (Å²) in [6.07, 6.45) is 1.40. The number of piperidine rings is 1. The van der Waals surface area contributed by atoms with Gasteiger partial charge in [0.25, 0.3) is 0 Å². The Balaban J connectivity index is 1.91. The molecule has 2 heteroatoms. The maximum atomic E-state index is 3.46. The summed E-state index contributed by atoms with van der Waals surface area (Å²) in [5, 5.41) is 3.46. The highest BCUT2D eigenvalue weighted by atomic mass is 15.3. The fourth-order valence-corrected chi connectivity index (χ4v) is 2.36. The van der Waals surface area contributed by atoms with E-state index < -0.39 is 0 Å². The van der Waals surface area contributed by atoms with E-state index in [-0.39, 0.29) is 0 Å². The number of hydrogen-bond donors (Lipinski definition) is 1. The van der Waals surface area contributed by atoms with E-state index in [4.69, 9.17) is 0 Å². The smallest absolute Gasteiger partial charge is 0.0264 e. The quantitative estimate of drug-likeness (QED) is 0.598. The van der Waals surface area contributed by atoms with Crippen LogP contribution in [0.5, 0.6) is 0 Å². The summed E-state index contributed by atoms with van der Waals surface area (Å²) in [5.41, 5.74) is 0. The van der Waals surface area contributed by atoms with Gasteiger partial charge in [-0.05, 0) is 32.7 Å². The van der Waals surface area contributed by atoms with Gasteiger partial charge in [0.05, 0.1) is 0 Å². The van der Waals surface area contributed by atoms with Gasteiger partial charge in [0, 0.05) is 25.2 Å². The zero-order chi connectivity index (χ0) is 7.84. The summed E-state index contributed by atoms with van der Waals surface area (Å²) in [6, 6.07) is 1.61. The first-order valence-electron chi connectivity index (χ1n) is 4.75. The molecule has 2 rings (SSSR count). The van der Waals surface area contributed by atoms with E-state index in [1.165, 1.54) is 26.1 Å². The lowest BCUT2D eigenvalue weighted by atomic mass is 9.82. The van der Waals surface area contributed by atoms with Crippen molar-refractivity contribution >= 4 is 0 Å². The summed E-state index contributed by atoms with van der Waals surface area (Å²) in [6.45, 7) is 8.41. The molecule has 0 bridgehead atoms. The molecule has 2 aliphatic rings. The lowest BCUT2D eigenvalue weighted by Crippen LogP contribution is -2.65. The molecule has 2 nitrogen and oxygen atoms in total. The Morgan fingerprint density at radius 3 is 2.91 bits per heavy atom. The molecule has 0 radical (unpaired) electrons. The molecule has 0 amide bonds. The van der Waals surface area contributed by atoms with Crippen molar-refractivity contribution in [3.63, 3.8) is 0 Å². The highest BCUT2D eigenvalue weighted by molar-refractivity contribution is 4.97. The lowest BCUT2D eigenvalue weighted by Gasteiger charge is -2.53. The van der Waals surface area contributed by atoms with E-state index in [0.29, 0.717) is 0 Å². The third-order valence-electron chi connectivity index (χ3n) is 3.12. The van der Waals surface area contributed by atoms with Crippen LogP contribution in [0.2, 0.25) is 0 Å². The topological polar surface area (TPSA) is 15.3 Å². The van der Waals surface area contributed by atoms with Crippen LogP contribution in [-0.2, 0) is 0 Å². The molecule has 0 aromatic heterocycles. The molecule has 0 aromatic rings. The van der Waals surface area contributed by atoms with Gasteiger partial charge < -0.3 is 5.32 Å². The number of fused-ring (bicyclic) bond motifs is 1. The standard InChI is InChI=1S/C9H18N2/c1-7(2)11-6-8-3-4-10-5-9(8)11/h7-10H,3-6H2,1-2H3. The first-order valence-corrected chi connectivity index (χ1v) is 4.75. The van der Waals surface area contributed by atoms with Crippen molar-refractivity contribution in [3.05, 3.63) is 0 Å². The van der Waals surface area contributed by atoms with Crippen LogP contribution in [-0.4, -0.2) is 36.6 Å². The highest BCUT2D eigenvalue weighted by Crippen LogP contribution is 2.30. The molecule has 64 valence electrons. The van der Waals surface area contributed by atoms with Crippen molar-refractivity contribution in [2.75, 3.05) is 19.6 Å². The van der Waals surface area contributed by atoms with E-state index in [2.05, 4.69) is 24.1 Å². The predicted octanol–water partition coefficient (Wildman–Crippen LogP) is 0.688. The molecule has 0 spiro atoms. The van der Waals surface area contributed by atoms with Gasteiger partial charge in [-0.3, -0.25) is 4.90 Å². The minimum Gasteiger partial charge on any atom is -0.315 e. The summed E-state index contributed by atoms with van der Waals surface area (Å²) in [4.78, 5) is 2.61. The van der Waals surface area contributed by atoms with E-state index >= 15 is 0 Å². The van der Waals surface area contributed by atoms with Crippen LogP contribution in [0.3, 0.4) is 0 Å². The average Bonchev–Trinajstić information content (AvgIpc) is 1.90. The summed E-state index contributed by atoms with van der Waals surface area (Å²) in [5.74, 6) is 1.01. The molecular weight excluding hydrogens is 136 g/mol. The molecule has 0 aliphatic carbocycles. The maximum absolute atomic E-state index is 3.46. The number of nitrogens with zero attached hydrogens (tertiary/aromatic N) is 1. The lowest BCUT2D eigenvalue weighted by molar-refractivity contribution is -0.0281.